The molecule has 3 amide bonds. The van der Waals surface area contributed by atoms with E-state index in [9.17, 15) is 14.4 Å². The van der Waals surface area contributed by atoms with Crippen LogP contribution in [0.3, 0.4) is 0 Å². The molecule has 2 heterocycles. The molecule has 0 bridgehead atoms. The molecule has 1 fully saturated rings. The average Bonchev–Trinajstić information content (AvgIpc) is 3.10. The third-order valence-electron chi connectivity index (χ3n) is 7.02. The summed E-state index contributed by atoms with van der Waals surface area (Å²) in [5, 5.41) is 4.57. The summed E-state index contributed by atoms with van der Waals surface area (Å²) in [6, 6.07) is 21.0. The number of nitrogens with zero attached hydrogens (tertiary/aromatic N) is 2. The molecule has 4 atom stereocenters. The van der Waals surface area contributed by atoms with Gasteiger partial charge in [-0.2, -0.15) is 0 Å². The van der Waals surface area contributed by atoms with Crippen LogP contribution in [0, 0.1) is 11.8 Å². The molecule has 0 radical (unpaired) electrons. The molecule has 3 aromatic carbocycles. The van der Waals surface area contributed by atoms with Gasteiger partial charge in [-0.3, -0.25) is 19.9 Å². The number of urea groups is 1. The van der Waals surface area contributed by atoms with Crippen molar-refractivity contribution >= 4 is 34.2 Å². The second kappa shape index (κ2) is 6.85. The standard InChI is InChI=1S/C26H21N3O3/c1-2-29-24-21(25(31)28-26(29)32)19(16-13-7-9-14-8-3-4-10-15(14)16)20-22(27-24)17-11-5-6-12-18(17)23(20)30/h3-13,19-21,24H,2H2,1H3,(H,28,31,32). The van der Waals surface area contributed by atoms with Gasteiger partial charge in [0.2, 0.25) is 5.91 Å². The minimum Gasteiger partial charge on any atom is -0.302 e. The number of hydrogen-bond acceptors (Lipinski definition) is 4. The fraction of sp³-hybridized carbons (Fsp3) is 0.231. The van der Waals surface area contributed by atoms with Gasteiger partial charge in [0.1, 0.15) is 6.17 Å². The Morgan fingerprint density at radius 1 is 0.875 bits per heavy atom. The summed E-state index contributed by atoms with van der Waals surface area (Å²) in [6.07, 6.45) is -0.643. The van der Waals surface area contributed by atoms with E-state index in [0.29, 0.717) is 17.8 Å². The number of carbonyl (C=O) groups excluding carboxylic acids is 3. The fourth-order valence-corrected chi connectivity index (χ4v) is 5.67. The third kappa shape index (κ3) is 2.46. The first kappa shape index (κ1) is 18.9. The van der Waals surface area contributed by atoms with Crippen LogP contribution in [0.4, 0.5) is 4.79 Å². The van der Waals surface area contributed by atoms with Crippen LogP contribution in [-0.4, -0.2) is 41.0 Å². The fourth-order valence-electron chi connectivity index (χ4n) is 5.67. The van der Waals surface area contributed by atoms with Gasteiger partial charge in [-0.1, -0.05) is 66.7 Å². The van der Waals surface area contributed by atoms with E-state index in [2.05, 4.69) is 5.32 Å². The molecule has 158 valence electrons. The first-order valence-electron chi connectivity index (χ1n) is 10.9. The largest absolute Gasteiger partial charge is 0.325 e. The second-order valence-corrected chi connectivity index (χ2v) is 8.52. The summed E-state index contributed by atoms with van der Waals surface area (Å²) < 4.78 is 0. The van der Waals surface area contributed by atoms with E-state index in [1.165, 1.54) is 0 Å². The first-order valence-corrected chi connectivity index (χ1v) is 10.9. The normalized spacial score (nSPS) is 26.3. The van der Waals surface area contributed by atoms with Crippen LogP contribution in [-0.2, 0) is 4.79 Å². The Kier molecular flexibility index (Phi) is 4.05. The van der Waals surface area contributed by atoms with E-state index in [1.807, 2.05) is 73.7 Å². The van der Waals surface area contributed by atoms with Crippen molar-refractivity contribution in [1.29, 1.82) is 0 Å². The number of carbonyl (C=O) groups is 3. The molecule has 1 saturated heterocycles. The summed E-state index contributed by atoms with van der Waals surface area (Å²) in [7, 11) is 0. The molecule has 3 aromatic rings. The minimum atomic E-state index is -0.648. The van der Waals surface area contributed by atoms with E-state index < -0.39 is 30.0 Å². The Morgan fingerprint density at radius 3 is 2.41 bits per heavy atom. The number of nitrogens with one attached hydrogen (secondary N) is 1. The summed E-state index contributed by atoms with van der Waals surface area (Å²) in [4.78, 5) is 46.0. The van der Waals surface area contributed by atoms with Gasteiger partial charge in [-0.05, 0) is 23.3 Å². The average molecular weight is 423 g/mol. The number of imide groups is 1. The number of fused-ring (bicyclic) bond motifs is 5. The van der Waals surface area contributed by atoms with Crippen LogP contribution in [0.15, 0.2) is 71.7 Å². The van der Waals surface area contributed by atoms with Gasteiger partial charge < -0.3 is 4.90 Å². The molecule has 4 unspecified atom stereocenters. The van der Waals surface area contributed by atoms with Crippen molar-refractivity contribution < 1.29 is 14.4 Å². The van der Waals surface area contributed by atoms with E-state index in [4.69, 9.17) is 4.99 Å². The molecule has 6 heteroatoms. The molecule has 6 nitrogen and oxygen atoms in total. The maximum atomic E-state index is 13.7. The van der Waals surface area contributed by atoms with Crippen LogP contribution in [0.2, 0.25) is 0 Å². The number of hydrogen-bond donors (Lipinski definition) is 1. The Bertz CT molecular complexity index is 1340. The molecular formula is C26H21N3O3. The van der Waals surface area contributed by atoms with Crippen LogP contribution < -0.4 is 5.32 Å². The quantitative estimate of drug-likeness (QED) is 0.682. The van der Waals surface area contributed by atoms with Gasteiger partial charge in [0.05, 0.1) is 17.5 Å². The molecule has 0 aromatic heterocycles. The van der Waals surface area contributed by atoms with Gasteiger partial charge in [0, 0.05) is 23.6 Å². The zero-order valence-corrected chi connectivity index (χ0v) is 17.5. The molecular weight excluding hydrogens is 402 g/mol. The summed E-state index contributed by atoms with van der Waals surface area (Å²) in [5.41, 5.74) is 3.07. The summed E-state index contributed by atoms with van der Waals surface area (Å²) in [5.74, 6) is -2.01. The van der Waals surface area contributed by atoms with E-state index in [0.717, 1.165) is 21.9 Å². The van der Waals surface area contributed by atoms with E-state index in [-0.39, 0.29) is 11.7 Å². The smallest absolute Gasteiger partial charge is 0.302 e. The van der Waals surface area contributed by atoms with Crippen molar-refractivity contribution in [3.8, 4) is 0 Å². The van der Waals surface area contributed by atoms with Crippen molar-refractivity contribution in [2.45, 2.75) is 19.0 Å². The molecule has 6 rings (SSSR count). The molecule has 0 saturated carbocycles. The van der Waals surface area contributed by atoms with Gasteiger partial charge in [0.25, 0.3) is 0 Å². The van der Waals surface area contributed by atoms with Gasteiger partial charge in [0.15, 0.2) is 5.78 Å². The summed E-state index contributed by atoms with van der Waals surface area (Å²) in [6.45, 7) is 2.29. The maximum absolute atomic E-state index is 13.7. The van der Waals surface area contributed by atoms with Crippen molar-refractivity contribution in [1.82, 2.24) is 10.2 Å². The highest BCUT2D eigenvalue weighted by atomic mass is 16.2. The zero-order chi connectivity index (χ0) is 22.0. The Morgan fingerprint density at radius 2 is 1.59 bits per heavy atom. The van der Waals surface area contributed by atoms with Gasteiger partial charge in [-0.25, -0.2) is 4.79 Å². The molecule has 2 aliphatic heterocycles. The number of benzene rings is 3. The lowest BCUT2D eigenvalue weighted by Crippen LogP contribution is -2.63. The highest BCUT2D eigenvalue weighted by molar-refractivity contribution is 6.29. The van der Waals surface area contributed by atoms with Gasteiger partial charge in [-0.15, -0.1) is 0 Å². The van der Waals surface area contributed by atoms with Gasteiger partial charge >= 0.3 is 6.03 Å². The number of rotatable bonds is 2. The van der Waals surface area contributed by atoms with Crippen molar-refractivity contribution in [2.24, 2.45) is 16.8 Å². The van der Waals surface area contributed by atoms with E-state index in [1.54, 1.807) is 4.90 Å². The number of aliphatic imine (C=N–C) groups is 1. The highest BCUT2D eigenvalue weighted by Gasteiger charge is 2.56. The lowest BCUT2D eigenvalue weighted by Gasteiger charge is -2.45. The van der Waals surface area contributed by atoms with Crippen molar-refractivity contribution in [3.05, 3.63) is 83.4 Å². The maximum Gasteiger partial charge on any atom is 0.325 e. The predicted octanol–water partition coefficient (Wildman–Crippen LogP) is 3.75. The molecule has 3 aliphatic rings. The lowest BCUT2D eigenvalue weighted by atomic mass is 9.69. The van der Waals surface area contributed by atoms with Crippen LogP contribution >= 0.6 is 0 Å². The van der Waals surface area contributed by atoms with Crippen LogP contribution in [0.5, 0.6) is 0 Å². The monoisotopic (exact) mass is 423 g/mol. The second-order valence-electron chi connectivity index (χ2n) is 8.52. The Balaban J connectivity index is 1.64. The Labute approximate surface area is 184 Å². The number of ketones is 1. The first-order chi connectivity index (χ1) is 15.6. The van der Waals surface area contributed by atoms with E-state index >= 15 is 0 Å². The minimum absolute atomic E-state index is 0.0107. The molecule has 32 heavy (non-hydrogen) atoms. The summed E-state index contributed by atoms with van der Waals surface area (Å²) >= 11 is 0. The zero-order valence-electron chi connectivity index (χ0n) is 17.5. The Hall–Kier alpha value is -3.80. The highest BCUT2D eigenvalue weighted by Crippen LogP contribution is 2.49. The molecule has 0 spiro atoms. The van der Waals surface area contributed by atoms with Crippen LogP contribution in [0.1, 0.15) is 34.3 Å². The van der Waals surface area contributed by atoms with Crippen LogP contribution in [0.25, 0.3) is 10.8 Å². The van der Waals surface area contributed by atoms with Crippen molar-refractivity contribution in [3.63, 3.8) is 0 Å². The molecule has 1 N–H and O–H groups in total. The predicted molar refractivity (Wildman–Crippen MR) is 121 cm³/mol. The SMILES string of the molecule is CCN1C(=O)NC(=O)C2C(c3cccc4ccccc34)C3C(=O)c4ccccc4C3=NC21. The lowest BCUT2D eigenvalue weighted by molar-refractivity contribution is -0.129. The number of amides is 3. The topological polar surface area (TPSA) is 78.8 Å². The molecule has 1 aliphatic carbocycles. The third-order valence-corrected chi connectivity index (χ3v) is 7.02. The number of Topliss-reactive ketones (excluding diaryl/α,β-unsaturated/α-hetero) is 1. The van der Waals surface area contributed by atoms with Crippen molar-refractivity contribution in [2.75, 3.05) is 6.54 Å².